The van der Waals surface area contributed by atoms with Gasteiger partial charge >= 0.3 is 5.97 Å². The molecule has 0 rings (SSSR count). The van der Waals surface area contributed by atoms with Crippen LogP contribution in [-0.2, 0) is 14.3 Å². The van der Waals surface area contributed by atoms with E-state index in [-0.39, 0.29) is 5.57 Å². The molecule has 0 saturated carbocycles. The van der Waals surface area contributed by atoms with Crippen LogP contribution in [0.4, 0.5) is 0 Å². The largest absolute Gasteiger partial charge is 0.466 e. The number of allylic oxidation sites excluding steroid dienone is 1. The summed E-state index contributed by atoms with van der Waals surface area (Å²) >= 11 is 0. The van der Waals surface area contributed by atoms with Crippen molar-refractivity contribution in [2.24, 2.45) is 0 Å². The van der Waals surface area contributed by atoms with Gasteiger partial charge in [0.05, 0.1) is 12.7 Å². The van der Waals surface area contributed by atoms with E-state index in [0.29, 0.717) is 6.42 Å². The SMILES string of the molecule is CCCCCCCCCC/C=C(\C(=O)OC)[C@H](O)C(C)=O. The van der Waals surface area contributed by atoms with E-state index >= 15 is 0 Å². The average Bonchev–Trinajstić information content (AvgIpc) is 2.48. The lowest BCUT2D eigenvalue weighted by molar-refractivity contribution is -0.139. The number of aliphatic hydroxyl groups excluding tert-OH is 1. The van der Waals surface area contributed by atoms with Gasteiger partial charge in [0.15, 0.2) is 5.78 Å². The maximum atomic E-state index is 11.5. The van der Waals surface area contributed by atoms with E-state index in [1.165, 1.54) is 52.6 Å². The number of esters is 1. The fourth-order valence-corrected chi connectivity index (χ4v) is 2.18. The van der Waals surface area contributed by atoms with Crippen LogP contribution in [0.2, 0.25) is 0 Å². The first-order valence-corrected chi connectivity index (χ1v) is 8.01. The summed E-state index contributed by atoms with van der Waals surface area (Å²) in [5, 5.41) is 9.69. The first-order chi connectivity index (χ1) is 10.0. The average molecular weight is 298 g/mol. The number of hydrogen-bond donors (Lipinski definition) is 1. The molecule has 0 amide bonds. The van der Waals surface area contributed by atoms with Crippen LogP contribution in [0.25, 0.3) is 0 Å². The van der Waals surface area contributed by atoms with Crippen molar-refractivity contribution >= 4 is 11.8 Å². The fraction of sp³-hybridized carbons (Fsp3) is 0.765. The molecule has 0 radical (unpaired) electrons. The molecule has 0 heterocycles. The molecule has 4 nitrogen and oxygen atoms in total. The van der Waals surface area contributed by atoms with E-state index in [9.17, 15) is 14.7 Å². The van der Waals surface area contributed by atoms with Gasteiger partial charge in [0, 0.05) is 0 Å². The zero-order chi connectivity index (χ0) is 16.1. The molecule has 0 bridgehead atoms. The molecule has 122 valence electrons. The third-order valence-corrected chi connectivity index (χ3v) is 3.52. The highest BCUT2D eigenvalue weighted by Crippen LogP contribution is 2.13. The smallest absolute Gasteiger partial charge is 0.336 e. The predicted molar refractivity (Wildman–Crippen MR) is 84.0 cm³/mol. The fourth-order valence-electron chi connectivity index (χ4n) is 2.18. The Bertz CT molecular complexity index is 334. The van der Waals surface area contributed by atoms with Crippen molar-refractivity contribution in [2.75, 3.05) is 7.11 Å². The summed E-state index contributed by atoms with van der Waals surface area (Å²) in [6.45, 7) is 3.47. The second-order valence-corrected chi connectivity index (χ2v) is 5.43. The maximum absolute atomic E-state index is 11.5. The van der Waals surface area contributed by atoms with Gasteiger partial charge in [-0.2, -0.15) is 0 Å². The lowest BCUT2D eigenvalue weighted by atomic mass is 10.0. The number of rotatable bonds is 12. The minimum atomic E-state index is -1.37. The summed E-state index contributed by atoms with van der Waals surface area (Å²) in [5.41, 5.74) is 0.0629. The molecule has 0 aliphatic rings. The molecule has 0 aromatic heterocycles. The summed E-state index contributed by atoms with van der Waals surface area (Å²) in [6.07, 6.45) is 10.6. The van der Waals surface area contributed by atoms with Crippen molar-refractivity contribution in [3.05, 3.63) is 11.6 Å². The molecule has 21 heavy (non-hydrogen) atoms. The van der Waals surface area contributed by atoms with E-state index in [1.54, 1.807) is 6.08 Å². The van der Waals surface area contributed by atoms with Crippen molar-refractivity contribution in [1.82, 2.24) is 0 Å². The lowest BCUT2D eigenvalue weighted by Gasteiger charge is -2.10. The molecule has 0 fully saturated rings. The Labute approximate surface area is 128 Å². The summed E-state index contributed by atoms with van der Waals surface area (Å²) in [5.74, 6) is -1.07. The molecule has 0 saturated heterocycles. The van der Waals surface area contributed by atoms with Crippen LogP contribution < -0.4 is 0 Å². The monoisotopic (exact) mass is 298 g/mol. The number of carbonyl (C=O) groups is 2. The zero-order valence-electron chi connectivity index (χ0n) is 13.7. The topological polar surface area (TPSA) is 63.6 Å². The summed E-state index contributed by atoms with van der Waals surface area (Å²) in [6, 6.07) is 0. The van der Waals surface area contributed by atoms with Gasteiger partial charge in [-0.1, -0.05) is 57.9 Å². The number of unbranched alkanes of at least 4 members (excludes halogenated alkanes) is 8. The Morgan fingerprint density at radius 3 is 2.05 bits per heavy atom. The summed E-state index contributed by atoms with van der Waals surface area (Å²) in [7, 11) is 1.25. The summed E-state index contributed by atoms with van der Waals surface area (Å²) in [4.78, 5) is 22.7. The standard InChI is InChI=1S/C17H30O4/c1-4-5-6-7-8-9-10-11-12-13-15(17(20)21-3)16(19)14(2)18/h13,16,19H,4-12H2,1-3H3/b15-13-/t16-/m1/s1. The number of hydrogen-bond acceptors (Lipinski definition) is 4. The van der Waals surface area contributed by atoms with Crippen LogP contribution in [0, 0.1) is 0 Å². The van der Waals surface area contributed by atoms with Crippen molar-refractivity contribution < 1.29 is 19.4 Å². The van der Waals surface area contributed by atoms with Crippen molar-refractivity contribution in [2.45, 2.75) is 77.7 Å². The maximum Gasteiger partial charge on any atom is 0.336 e. The lowest BCUT2D eigenvalue weighted by Crippen LogP contribution is -2.25. The molecule has 0 spiro atoms. The molecule has 0 aliphatic heterocycles. The number of methoxy groups -OCH3 is 1. The number of carbonyl (C=O) groups excluding carboxylic acids is 2. The second-order valence-electron chi connectivity index (χ2n) is 5.43. The van der Waals surface area contributed by atoms with Crippen LogP contribution in [0.5, 0.6) is 0 Å². The van der Waals surface area contributed by atoms with Crippen molar-refractivity contribution in [1.29, 1.82) is 0 Å². The van der Waals surface area contributed by atoms with Crippen LogP contribution >= 0.6 is 0 Å². The van der Waals surface area contributed by atoms with Gasteiger partial charge in [-0.3, -0.25) is 4.79 Å². The third kappa shape index (κ3) is 9.40. The number of Topliss-reactive ketones (excluding diaryl/α,β-unsaturated/α-hetero) is 1. The Kier molecular flexibility index (Phi) is 11.9. The second kappa shape index (κ2) is 12.6. The first kappa shape index (κ1) is 19.8. The van der Waals surface area contributed by atoms with Gasteiger partial charge in [0.2, 0.25) is 0 Å². The number of aliphatic hydroxyl groups is 1. The molecule has 0 unspecified atom stereocenters. The van der Waals surface area contributed by atoms with Gasteiger partial charge in [-0.25, -0.2) is 4.79 Å². The Hall–Kier alpha value is -1.16. The molecule has 0 aliphatic carbocycles. The van der Waals surface area contributed by atoms with Crippen LogP contribution in [0.1, 0.15) is 71.6 Å². The van der Waals surface area contributed by atoms with E-state index in [4.69, 9.17) is 0 Å². The van der Waals surface area contributed by atoms with Gasteiger partial charge in [0.1, 0.15) is 6.10 Å². The van der Waals surface area contributed by atoms with E-state index in [2.05, 4.69) is 11.7 Å². The van der Waals surface area contributed by atoms with Crippen molar-refractivity contribution in [3.63, 3.8) is 0 Å². The van der Waals surface area contributed by atoms with Crippen LogP contribution in [-0.4, -0.2) is 30.1 Å². The highest BCUT2D eigenvalue weighted by atomic mass is 16.5. The molecule has 1 atom stereocenters. The van der Waals surface area contributed by atoms with Gasteiger partial charge in [-0.15, -0.1) is 0 Å². The third-order valence-electron chi connectivity index (χ3n) is 3.52. The van der Waals surface area contributed by atoms with E-state index < -0.39 is 17.9 Å². The van der Waals surface area contributed by atoms with E-state index in [0.717, 1.165) is 12.8 Å². The predicted octanol–water partition coefficient (Wildman–Crippen LogP) is 3.57. The highest BCUT2D eigenvalue weighted by Gasteiger charge is 2.22. The number of ether oxygens (including phenoxy) is 1. The van der Waals surface area contributed by atoms with Gasteiger partial charge in [0.25, 0.3) is 0 Å². The van der Waals surface area contributed by atoms with E-state index in [1.807, 2.05) is 0 Å². The van der Waals surface area contributed by atoms with Crippen LogP contribution in [0.15, 0.2) is 11.6 Å². The molecule has 0 aromatic carbocycles. The minimum Gasteiger partial charge on any atom is -0.466 e. The van der Waals surface area contributed by atoms with Gasteiger partial charge in [-0.05, 0) is 19.8 Å². The van der Waals surface area contributed by atoms with Gasteiger partial charge < -0.3 is 9.84 Å². The number of ketones is 1. The van der Waals surface area contributed by atoms with Crippen molar-refractivity contribution in [3.8, 4) is 0 Å². The molecular weight excluding hydrogens is 268 g/mol. The summed E-state index contributed by atoms with van der Waals surface area (Å²) < 4.78 is 4.60. The highest BCUT2D eigenvalue weighted by molar-refractivity contribution is 5.98. The quantitative estimate of drug-likeness (QED) is 0.340. The first-order valence-electron chi connectivity index (χ1n) is 8.01. The molecule has 1 N–H and O–H groups in total. The van der Waals surface area contributed by atoms with Crippen LogP contribution in [0.3, 0.4) is 0 Å². The Morgan fingerprint density at radius 1 is 1.05 bits per heavy atom. The molecule has 4 heteroatoms. The normalized spacial score (nSPS) is 13.0. The molecule has 0 aromatic rings. The minimum absolute atomic E-state index is 0.0629. The Morgan fingerprint density at radius 2 is 1.57 bits per heavy atom. The zero-order valence-corrected chi connectivity index (χ0v) is 13.7. The molecular formula is C17H30O4. The Balaban J connectivity index is 3.99.